The van der Waals surface area contributed by atoms with Crippen molar-refractivity contribution in [1.82, 2.24) is 10.9 Å². The standard InChI is InChI=1S/C24H28Br2N4O4/c25-19-9-12-22(32)18(13-19)16-28-30-24(34)8-6-4-2-1-3-5-7-23(33)29-27-15-17-14-20(31)10-11-21(17)26/h9-16,31-32H,1-8H2,(H,29,33)(H,30,34). The summed E-state index contributed by atoms with van der Waals surface area (Å²) in [7, 11) is 0. The third kappa shape index (κ3) is 10.9. The van der Waals surface area contributed by atoms with Crippen LogP contribution in [0, 0.1) is 0 Å². The minimum absolute atomic E-state index is 0.0907. The van der Waals surface area contributed by atoms with E-state index >= 15 is 0 Å². The summed E-state index contributed by atoms with van der Waals surface area (Å²) < 4.78 is 1.58. The number of hydrazone groups is 2. The summed E-state index contributed by atoms with van der Waals surface area (Å²) in [5, 5.41) is 27.0. The Morgan fingerprint density at radius 2 is 1.32 bits per heavy atom. The minimum Gasteiger partial charge on any atom is -0.508 e. The second-order valence-corrected chi connectivity index (χ2v) is 9.39. The molecule has 10 heteroatoms. The molecule has 8 nitrogen and oxygen atoms in total. The molecule has 34 heavy (non-hydrogen) atoms. The number of phenolic OH excluding ortho intramolecular Hbond substituents is 2. The first-order chi connectivity index (χ1) is 16.3. The number of carbonyl (C=O) groups is 2. The molecule has 0 aromatic heterocycles. The summed E-state index contributed by atoms with van der Waals surface area (Å²) >= 11 is 6.67. The molecular weight excluding hydrogens is 568 g/mol. The van der Waals surface area contributed by atoms with Gasteiger partial charge in [-0.05, 0) is 49.2 Å². The van der Waals surface area contributed by atoms with E-state index in [0.29, 0.717) is 24.0 Å². The third-order valence-corrected chi connectivity index (χ3v) is 6.03. The maximum absolute atomic E-state index is 11.8. The van der Waals surface area contributed by atoms with Gasteiger partial charge in [-0.25, -0.2) is 10.9 Å². The number of nitrogens with one attached hydrogen (secondary N) is 2. The molecule has 0 unspecified atom stereocenters. The first-order valence-corrected chi connectivity index (χ1v) is 12.5. The molecule has 0 saturated carbocycles. The van der Waals surface area contributed by atoms with Crippen LogP contribution in [0.25, 0.3) is 0 Å². The maximum atomic E-state index is 11.8. The molecule has 0 aliphatic rings. The number of carbonyl (C=O) groups excluding carboxylic acids is 2. The van der Waals surface area contributed by atoms with Gasteiger partial charge in [-0.2, -0.15) is 10.2 Å². The van der Waals surface area contributed by atoms with Crippen LogP contribution in [0.15, 0.2) is 55.5 Å². The summed E-state index contributed by atoms with van der Waals surface area (Å²) in [4.78, 5) is 23.7. The van der Waals surface area contributed by atoms with Crippen molar-refractivity contribution in [3.05, 3.63) is 56.5 Å². The molecule has 2 aromatic carbocycles. The van der Waals surface area contributed by atoms with Gasteiger partial charge in [-0.15, -0.1) is 0 Å². The number of amides is 2. The normalized spacial score (nSPS) is 11.2. The topological polar surface area (TPSA) is 123 Å². The molecule has 0 heterocycles. The van der Waals surface area contributed by atoms with Crippen LogP contribution >= 0.6 is 31.9 Å². The Morgan fingerprint density at radius 1 is 0.765 bits per heavy atom. The summed E-state index contributed by atoms with van der Waals surface area (Å²) in [5.74, 6) is -0.0996. The number of benzene rings is 2. The Balaban J connectivity index is 1.49. The molecule has 0 fully saturated rings. The lowest BCUT2D eigenvalue weighted by molar-refractivity contribution is -0.122. The number of hydrogen-bond donors (Lipinski definition) is 4. The van der Waals surface area contributed by atoms with Gasteiger partial charge in [0.2, 0.25) is 11.8 Å². The third-order valence-electron chi connectivity index (χ3n) is 4.81. The highest BCUT2D eigenvalue weighted by Gasteiger charge is 2.03. The predicted molar refractivity (Wildman–Crippen MR) is 140 cm³/mol. The molecule has 2 aromatic rings. The van der Waals surface area contributed by atoms with Crippen molar-refractivity contribution < 1.29 is 19.8 Å². The van der Waals surface area contributed by atoms with Crippen LogP contribution in [0.5, 0.6) is 11.5 Å². The Bertz CT molecular complexity index is 947. The zero-order valence-electron chi connectivity index (χ0n) is 18.6. The average Bonchev–Trinajstić information content (AvgIpc) is 2.80. The summed E-state index contributed by atoms with van der Waals surface area (Å²) in [5.41, 5.74) is 6.14. The minimum atomic E-state index is -0.166. The number of rotatable bonds is 13. The van der Waals surface area contributed by atoms with Crippen LogP contribution in [0.1, 0.15) is 62.5 Å². The summed E-state index contributed by atoms with van der Waals surface area (Å²) in [6.07, 6.45) is 9.06. The van der Waals surface area contributed by atoms with Gasteiger partial charge < -0.3 is 10.2 Å². The zero-order chi connectivity index (χ0) is 24.8. The van der Waals surface area contributed by atoms with Gasteiger partial charge in [0.05, 0.1) is 12.4 Å². The number of unbranched alkanes of at least 4 members (excludes halogenated alkanes) is 5. The SMILES string of the molecule is O=C(CCCCCCCCC(=O)NN=Cc1cc(O)ccc1Br)NN=Cc1cc(Br)ccc1O. The first kappa shape index (κ1) is 27.5. The van der Waals surface area contributed by atoms with Crippen molar-refractivity contribution in [1.29, 1.82) is 0 Å². The first-order valence-electron chi connectivity index (χ1n) is 11.0. The lowest BCUT2D eigenvalue weighted by atomic mass is 10.1. The van der Waals surface area contributed by atoms with Crippen LogP contribution in [0.4, 0.5) is 0 Å². The van der Waals surface area contributed by atoms with Crippen molar-refractivity contribution in [2.45, 2.75) is 51.4 Å². The van der Waals surface area contributed by atoms with Crippen LogP contribution in [-0.2, 0) is 9.59 Å². The molecular formula is C24H28Br2N4O4. The van der Waals surface area contributed by atoms with Gasteiger partial charge in [0.15, 0.2) is 0 Å². The Kier molecular flexibility index (Phi) is 12.3. The van der Waals surface area contributed by atoms with E-state index in [-0.39, 0.29) is 23.3 Å². The van der Waals surface area contributed by atoms with Gasteiger partial charge in [0.1, 0.15) is 11.5 Å². The van der Waals surface area contributed by atoms with Gasteiger partial charge in [-0.3, -0.25) is 9.59 Å². The quantitative estimate of drug-likeness (QED) is 0.142. The molecule has 0 atom stereocenters. The molecule has 2 rings (SSSR count). The number of phenols is 2. The van der Waals surface area contributed by atoms with Crippen LogP contribution in [0.3, 0.4) is 0 Å². The monoisotopic (exact) mass is 594 g/mol. The van der Waals surface area contributed by atoms with Gasteiger partial charge >= 0.3 is 0 Å². The maximum Gasteiger partial charge on any atom is 0.240 e. The fourth-order valence-electron chi connectivity index (χ4n) is 3.00. The summed E-state index contributed by atoms with van der Waals surface area (Å²) in [6.45, 7) is 0. The number of nitrogens with zero attached hydrogens (tertiary/aromatic N) is 2. The predicted octanol–water partition coefficient (Wildman–Crippen LogP) is 5.34. The molecule has 0 bridgehead atoms. The molecule has 0 radical (unpaired) electrons. The smallest absolute Gasteiger partial charge is 0.240 e. The van der Waals surface area contributed by atoms with Crippen molar-refractivity contribution >= 4 is 56.1 Å². The molecule has 0 spiro atoms. The molecule has 4 N–H and O–H groups in total. The highest BCUT2D eigenvalue weighted by Crippen LogP contribution is 2.20. The number of hydrogen-bond acceptors (Lipinski definition) is 6. The Hall–Kier alpha value is -2.72. The number of halogens is 2. The average molecular weight is 596 g/mol. The molecule has 182 valence electrons. The van der Waals surface area contributed by atoms with E-state index in [1.165, 1.54) is 12.4 Å². The Morgan fingerprint density at radius 3 is 1.94 bits per heavy atom. The van der Waals surface area contributed by atoms with E-state index in [1.54, 1.807) is 36.4 Å². The fraction of sp³-hybridized carbons (Fsp3) is 0.333. The highest BCUT2D eigenvalue weighted by molar-refractivity contribution is 9.10. The molecule has 2 amide bonds. The van der Waals surface area contributed by atoms with Crippen molar-refractivity contribution in [3.8, 4) is 11.5 Å². The van der Waals surface area contributed by atoms with Gasteiger partial charge in [-0.1, -0.05) is 57.5 Å². The fourth-order valence-corrected chi connectivity index (χ4v) is 3.72. The molecule has 0 saturated heterocycles. The van der Waals surface area contributed by atoms with E-state index in [1.807, 2.05) is 0 Å². The summed E-state index contributed by atoms with van der Waals surface area (Å²) in [6, 6.07) is 9.78. The van der Waals surface area contributed by atoms with Crippen molar-refractivity contribution in [2.24, 2.45) is 10.2 Å². The van der Waals surface area contributed by atoms with Crippen molar-refractivity contribution in [2.75, 3.05) is 0 Å². The van der Waals surface area contributed by atoms with E-state index in [2.05, 4.69) is 52.9 Å². The lowest BCUT2D eigenvalue weighted by Gasteiger charge is -2.03. The van der Waals surface area contributed by atoms with Crippen LogP contribution in [0.2, 0.25) is 0 Å². The van der Waals surface area contributed by atoms with Gasteiger partial charge in [0.25, 0.3) is 0 Å². The lowest BCUT2D eigenvalue weighted by Crippen LogP contribution is -2.17. The van der Waals surface area contributed by atoms with Crippen molar-refractivity contribution in [3.63, 3.8) is 0 Å². The second-order valence-electron chi connectivity index (χ2n) is 7.62. The highest BCUT2D eigenvalue weighted by atomic mass is 79.9. The van der Waals surface area contributed by atoms with Crippen LogP contribution < -0.4 is 10.9 Å². The number of aromatic hydroxyl groups is 2. The zero-order valence-corrected chi connectivity index (χ0v) is 21.8. The van der Waals surface area contributed by atoms with E-state index in [0.717, 1.165) is 47.5 Å². The van der Waals surface area contributed by atoms with E-state index in [9.17, 15) is 19.8 Å². The second kappa shape index (κ2) is 15.2. The Labute approximate surface area is 215 Å². The molecule has 0 aliphatic carbocycles. The molecule has 0 aliphatic heterocycles. The van der Waals surface area contributed by atoms with E-state index < -0.39 is 0 Å². The van der Waals surface area contributed by atoms with E-state index in [4.69, 9.17) is 0 Å². The van der Waals surface area contributed by atoms with Gasteiger partial charge in [0, 0.05) is 32.9 Å². The van der Waals surface area contributed by atoms with Crippen LogP contribution in [-0.4, -0.2) is 34.5 Å². The largest absolute Gasteiger partial charge is 0.508 e.